The van der Waals surface area contributed by atoms with Gasteiger partial charge in [0.2, 0.25) is 0 Å². The third kappa shape index (κ3) is 6.44. The van der Waals surface area contributed by atoms with Crippen LogP contribution in [-0.2, 0) is 22.4 Å². The summed E-state index contributed by atoms with van der Waals surface area (Å²) in [5, 5.41) is 7.45. The molecular formula is C23H27N6O2+. The molecule has 0 radical (unpaired) electrons. The molecule has 0 aliphatic heterocycles. The molecule has 3 rings (SSSR count). The van der Waals surface area contributed by atoms with Gasteiger partial charge in [0.15, 0.2) is 11.8 Å². The molecule has 1 amide bonds. The Balaban J connectivity index is 1.65. The van der Waals surface area contributed by atoms with Gasteiger partial charge in [-0.15, -0.1) is 0 Å². The number of nitrogens with one attached hydrogen (secondary N) is 2. The number of para-hydroxylation sites is 1. The van der Waals surface area contributed by atoms with Crippen molar-refractivity contribution in [1.29, 1.82) is 0 Å². The van der Waals surface area contributed by atoms with Crippen LogP contribution in [0.4, 0.5) is 0 Å². The molecular weight excluding hydrogens is 392 g/mol. The number of Topliss-reactive ketones (excluding diaryl/α,β-unsaturated/α-hetero) is 1. The number of rotatable bonds is 11. The molecule has 160 valence electrons. The normalized spacial score (nSPS) is 12.7. The van der Waals surface area contributed by atoms with Gasteiger partial charge in [0, 0.05) is 35.5 Å². The lowest BCUT2D eigenvalue weighted by Gasteiger charge is -2.19. The van der Waals surface area contributed by atoms with E-state index in [1.807, 2.05) is 60.7 Å². The molecule has 0 aliphatic carbocycles. The zero-order valence-electron chi connectivity index (χ0n) is 17.3. The fourth-order valence-electron chi connectivity index (χ4n) is 3.53. The highest BCUT2D eigenvalue weighted by Gasteiger charge is 2.26. The van der Waals surface area contributed by atoms with Gasteiger partial charge in [-0.05, 0) is 41.5 Å². The zero-order chi connectivity index (χ0) is 22.1. The van der Waals surface area contributed by atoms with Crippen molar-refractivity contribution in [2.45, 2.75) is 37.8 Å². The van der Waals surface area contributed by atoms with Crippen molar-refractivity contribution in [2.75, 3.05) is 6.54 Å². The number of carbonyl (C=O) groups is 2. The molecule has 0 saturated carbocycles. The summed E-state index contributed by atoms with van der Waals surface area (Å²) >= 11 is 0. The zero-order valence-corrected chi connectivity index (χ0v) is 17.3. The fourth-order valence-corrected chi connectivity index (χ4v) is 3.53. The molecule has 1 aromatic heterocycles. The average molecular weight is 420 g/mol. The third-order valence-electron chi connectivity index (χ3n) is 5.16. The fraction of sp³-hybridized carbons (Fsp3) is 0.304. The number of hydrogen-bond donors (Lipinski definition) is 3. The molecule has 2 aromatic carbocycles. The number of aromatic nitrogens is 1. The topological polar surface area (TPSA) is 138 Å². The van der Waals surface area contributed by atoms with Crippen molar-refractivity contribution in [3.8, 4) is 0 Å². The Morgan fingerprint density at radius 2 is 1.84 bits per heavy atom. The van der Waals surface area contributed by atoms with Crippen LogP contribution in [0.2, 0.25) is 0 Å². The lowest BCUT2D eigenvalue weighted by molar-refractivity contribution is -0.403. The van der Waals surface area contributed by atoms with Gasteiger partial charge < -0.3 is 16.0 Å². The lowest BCUT2D eigenvalue weighted by atomic mass is 9.99. The summed E-state index contributed by atoms with van der Waals surface area (Å²) in [6, 6.07) is 18.3. The Morgan fingerprint density at radius 1 is 1.10 bits per heavy atom. The van der Waals surface area contributed by atoms with Gasteiger partial charge in [-0.2, -0.15) is 0 Å². The minimum atomic E-state index is -0.645. The van der Waals surface area contributed by atoms with Gasteiger partial charge >= 0.3 is 0 Å². The maximum absolute atomic E-state index is 12.8. The largest absolute Gasteiger partial charge is 0.358 e. The number of benzene rings is 2. The van der Waals surface area contributed by atoms with Crippen molar-refractivity contribution >= 4 is 22.6 Å². The van der Waals surface area contributed by atoms with Gasteiger partial charge in [0.1, 0.15) is 0 Å². The minimum Gasteiger partial charge on any atom is -0.358 e. The van der Waals surface area contributed by atoms with Crippen LogP contribution in [0.25, 0.3) is 21.3 Å². The number of hydrogen-bond acceptors (Lipinski definition) is 3. The first kappa shape index (κ1) is 22.1. The number of carbonyl (C=O) groups excluding carboxylic acids is 2. The Bertz CT molecular complexity index is 1040. The molecule has 3 aromatic rings. The maximum atomic E-state index is 12.8. The summed E-state index contributed by atoms with van der Waals surface area (Å²) in [4.78, 5) is 31.6. The number of fused-ring (bicyclic) bond motifs is 1. The first-order valence-electron chi connectivity index (χ1n) is 10.3. The summed E-state index contributed by atoms with van der Waals surface area (Å²) in [6.07, 6.45) is 1.54. The van der Waals surface area contributed by atoms with Crippen LogP contribution < -0.4 is 11.1 Å². The van der Waals surface area contributed by atoms with E-state index in [1.54, 1.807) is 0 Å². The monoisotopic (exact) mass is 419 g/mol. The van der Waals surface area contributed by atoms with E-state index in [9.17, 15) is 9.59 Å². The van der Waals surface area contributed by atoms with E-state index < -0.39 is 12.1 Å². The van der Waals surface area contributed by atoms with Crippen molar-refractivity contribution in [3.63, 3.8) is 0 Å². The van der Waals surface area contributed by atoms with E-state index in [1.165, 1.54) is 0 Å². The van der Waals surface area contributed by atoms with Crippen molar-refractivity contribution in [3.05, 3.63) is 82.4 Å². The Morgan fingerprint density at radius 3 is 2.58 bits per heavy atom. The predicted octanol–water partition coefficient (Wildman–Crippen LogP) is 2.71. The summed E-state index contributed by atoms with van der Waals surface area (Å²) in [5.74, 6) is -0.342. The van der Waals surface area contributed by atoms with E-state index in [-0.39, 0.29) is 24.7 Å². The van der Waals surface area contributed by atoms with Crippen LogP contribution in [0.3, 0.4) is 0 Å². The van der Waals surface area contributed by atoms with Crippen LogP contribution in [0.5, 0.6) is 0 Å². The summed E-state index contributed by atoms with van der Waals surface area (Å²) < 4.78 is 0. The third-order valence-corrected chi connectivity index (χ3v) is 5.16. The van der Waals surface area contributed by atoms with Crippen LogP contribution in [0.15, 0.2) is 65.8 Å². The molecule has 31 heavy (non-hydrogen) atoms. The molecule has 1 heterocycles. The molecule has 0 fully saturated rings. The molecule has 0 bridgehead atoms. The van der Waals surface area contributed by atoms with Gasteiger partial charge in [-0.1, -0.05) is 53.6 Å². The molecule has 0 saturated heterocycles. The molecule has 0 spiro atoms. The number of aromatic amines is 1. The van der Waals surface area contributed by atoms with E-state index in [4.69, 9.17) is 5.53 Å². The second kappa shape index (κ2) is 11.0. The van der Waals surface area contributed by atoms with E-state index >= 15 is 0 Å². The summed E-state index contributed by atoms with van der Waals surface area (Å²) in [7, 11) is 0. The molecule has 2 atom stereocenters. The number of quaternary nitrogens is 1. The highest BCUT2D eigenvalue weighted by Crippen LogP contribution is 2.15. The van der Waals surface area contributed by atoms with Crippen LogP contribution in [0.1, 0.15) is 24.1 Å². The van der Waals surface area contributed by atoms with Crippen molar-refractivity contribution in [2.24, 2.45) is 5.11 Å². The second-order valence-corrected chi connectivity index (χ2v) is 7.56. The predicted molar refractivity (Wildman–Crippen MR) is 119 cm³/mol. The highest BCUT2D eigenvalue weighted by atomic mass is 16.2. The number of ketones is 1. The van der Waals surface area contributed by atoms with Gasteiger partial charge in [-0.25, -0.2) is 0 Å². The molecule has 5 N–H and O–H groups in total. The average Bonchev–Trinajstić information content (AvgIpc) is 3.19. The minimum absolute atomic E-state index is 0.0804. The molecule has 0 unspecified atom stereocenters. The summed E-state index contributed by atoms with van der Waals surface area (Å²) in [6.45, 7) is 0.257. The van der Waals surface area contributed by atoms with Crippen LogP contribution in [-0.4, -0.2) is 35.3 Å². The first-order valence-corrected chi connectivity index (χ1v) is 10.3. The van der Waals surface area contributed by atoms with E-state index in [2.05, 4.69) is 26.1 Å². The van der Waals surface area contributed by atoms with Crippen LogP contribution in [0, 0.1) is 0 Å². The quantitative estimate of drug-likeness (QED) is 0.190. The van der Waals surface area contributed by atoms with Gasteiger partial charge in [0.25, 0.3) is 5.91 Å². The standard InChI is InChI=1S/C23H26N6O2/c24-19(15-18-14-17-9-4-5-10-20(17)27-18)23(31)28-21(13-16-7-2-1-3-8-16)22(30)11-6-12-26-29-25/h1-5,7-10,14,19,21,27H,6,11-13,15,24H2,(H,28,31)/p+1/t19-,21-/m0/s1. The van der Waals surface area contributed by atoms with Crippen molar-refractivity contribution in [1.82, 2.24) is 10.3 Å². The van der Waals surface area contributed by atoms with Crippen LogP contribution >= 0.6 is 0 Å². The smallest absolute Gasteiger partial charge is 0.279 e. The maximum Gasteiger partial charge on any atom is 0.279 e. The Labute approximate surface area is 180 Å². The molecule has 8 nitrogen and oxygen atoms in total. The first-order chi connectivity index (χ1) is 15.1. The number of amides is 1. The number of nitrogens with zero attached hydrogens (tertiary/aromatic N) is 3. The molecule has 0 aliphatic rings. The number of azide groups is 1. The highest BCUT2D eigenvalue weighted by molar-refractivity contribution is 5.90. The number of H-pyrrole nitrogens is 1. The SMILES string of the molecule is [N-]=[N+]=NCCCC(=O)[C@H](Cc1ccccc1)NC(=O)[C@@H]([NH3+])Cc1cc2ccccc2[nH]1. The Hall–Kier alpha value is -3.61. The van der Waals surface area contributed by atoms with E-state index in [0.29, 0.717) is 19.3 Å². The lowest BCUT2D eigenvalue weighted by Crippen LogP contribution is -2.69. The van der Waals surface area contributed by atoms with Crippen molar-refractivity contribution < 1.29 is 15.3 Å². The summed E-state index contributed by atoms with van der Waals surface area (Å²) in [5.41, 5.74) is 15.3. The van der Waals surface area contributed by atoms with Gasteiger partial charge in [0.05, 0.1) is 6.04 Å². The Kier molecular flexibility index (Phi) is 7.81. The second-order valence-electron chi connectivity index (χ2n) is 7.56. The van der Waals surface area contributed by atoms with E-state index in [0.717, 1.165) is 22.2 Å². The molecule has 8 heteroatoms. The van der Waals surface area contributed by atoms with Gasteiger partial charge in [-0.3, -0.25) is 9.59 Å².